The van der Waals surface area contributed by atoms with Gasteiger partial charge in [0.05, 0.1) is 21.6 Å². The molecule has 0 unspecified atom stereocenters. The number of hydrogen-bond acceptors (Lipinski definition) is 3. The summed E-state index contributed by atoms with van der Waals surface area (Å²) in [6.45, 7) is 0. The molecule has 21 heavy (non-hydrogen) atoms. The molecule has 5 heteroatoms. The van der Waals surface area contributed by atoms with Crippen molar-refractivity contribution in [2.75, 3.05) is 11.5 Å². The minimum Gasteiger partial charge on any atom is -0.293 e. The molecule has 0 aliphatic carbocycles. The number of carbonyl (C=O) groups excluding carboxylic acids is 2. The third kappa shape index (κ3) is 4.34. The average Bonchev–Trinajstić information content (AvgIpc) is 2.48. The van der Waals surface area contributed by atoms with E-state index in [4.69, 9.17) is 23.2 Å². The molecule has 0 bridgehead atoms. The summed E-state index contributed by atoms with van der Waals surface area (Å²) < 4.78 is 0. The highest BCUT2D eigenvalue weighted by Crippen LogP contribution is 2.20. The number of thioether (sulfide) groups is 1. The number of rotatable bonds is 6. The monoisotopic (exact) mass is 338 g/mol. The maximum atomic E-state index is 12.0. The number of carbonyl (C=O) groups is 2. The van der Waals surface area contributed by atoms with Gasteiger partial charge in [-0.1, -0.05) is 47.5 Å². The van der Waals surface area contributed by atoms with Crippen LogP contribution in [-0.4, -0.2) is 23.1 Å². The van der Waals surface area contributed by atoms with Crippen LogP contribution in [0.3, 0.4) is 0 Å². The van der Waals surface area contributed by atoms with E-state index in [0.29, 0.717) is 21.2 Å². The summed E-state index contributed by atoms with van der Waals surface area (Å²) in [5.74, 6) is 0.245. The van der Waals surface area contributed by atoms with Gasteiger partial charge >= 0.3 is 0 Å². The molecule has 0 saturated heterocycles. The molecule has 0 aromatic heterocycles. The maximum absolute atomic E-state index is 12.0. The average molecular weight is 339 g/mol. The van der Waals surface area contributed by atoms with Crippen LogP contribution in [0.1, 0.15) is 20.7 Å². The van der Waals surface area contributed by atoms with Crippen molar-refractivity contribution in [2.45, 2.75) is 0 Å². The lowest BCUT2D eigenvalue weighted by Gasteiger charge is -2.04. The molecule has 0 heterocycles. The maximum Gasteiger partial charge on any atom is 0.174 e. The van der Waals surface area contributed by atoms with Gasteiger partial charge in [-0.15, -0.1) is 11.8 Å². The summed E-state index contributed by atoms with van der Waals surface area (Å²) in [6.07, 6.45) is 0. The fraction of sp³-hybridized carbons (Fsp3) is 0.125. The molecule has 0 fully saturated rings. The lowest BCUT2D eigenvalue weighted by Crippen LogP contribution is -2.08. The molecule has 2 aromatic carbocycles. The van der Waals surface area contributed by atoms with Crippen molar-refractivity contribution >= 4 is 46.5 Å². The van der Waals surface area contributed by atoms with Crippen LogP contribution in [0.5, 0.6) is 0 Å². The van der Waals surface area contributed by atoms with Crippen molar-refractivity contribution < 1.29 is 9.59 Å². The molecule has 0 spiro atoms. The minimum absolute atomic E-state index is 0.0856. The summed E-state index contributed by atoms with van der Waals surface area (Å²) in [5, 5.41) is 0.862. The zero-order chi connectivity index (χ0) is 15.2. The number of halogens is 2. The van der Waals surface area contributed by atoms with Crippen LogP contribution >= 0.6 is 35.0 Å². The number of Topliss-reactive ketones (excluding diaryl/α,β-unsaturated/α-hetero) is 2. The van der Waals surface area contributed by atoms with Crippen LogP contribution in [0, 0.1) is 0 Å². The molecule has 2 rings (SSSR count). The fourth-order valence-electron chi connectivity index (χ4n) is 1.77. The molecule has 0 aliphatic heterocycles. The molecule has 0 amide bonds. The minimum atomic E-state index is -0.0856. The van der Waals surface area contributed by atoms with Gasteiger partial charge in [-0.3, -0.25) is 9.59 Å². The van der Waals surface area contributed by atoms with Gasteiger partial charge in [0, 0.05) is 11.1 Å². The van der Waals surface area contributed by atoms with Crippen molar-refractivity contribution in [3.8, 4) is 0 Å². The van der Waals surface area contributed by atoms with E-state index in [2.05, 4.69) is 0 Å². The Labute approximate surface area is 137 Å². The highest BCUT2D eigenvalue weighted by molar-refractivity contribution is 8.00. The summed E-state index contributed by atoms with van der Waals surface area (Å²) in [6, 6.07) is 13.8. The highest BCUT2D eigenvalue weighted by atomic mass is 35.5. The molecular weight excluding hydrogens is 327 g/mol. The van der Waals surface area contributed by atoms with E-state index < -0.39 is 0 Å². The molecule has 0 radical (unpaired) electrons. The number of hydrogen-bond donors (Lipinski definition) is 0. The summed E-state index contributed by atoms with van der Waals surface area (Å²) in [5.41, 5.74) is 0.966. The van der Waals surface area contributed by atoms with Gasteiger partial charge in [0.25, 0.3) is 0 Å². The first-order valence-corrected chi connectivity index (χ1v) is 8.14. The quantitative estimate of drug-likeness (QED) is 0.710. The second kappa shape index (κ2) is 7.64. The third-order valence-electron chi connectivity index (χ3n) is 2.81. The second-order valence-electron chi connectivity index (χ2n) is 4.30. The van der Waals surface area contributed by atoms with Crippen LogP contribution in [0.2, 0.25) is 10.0 Å². The van der Waals surface area contributed by atoms with Crippen LogP contribution < -0.4 is 0 Å². The predicted octanol–water partition coefficient (Wildman–Crippen LogP) is 4.79. The van der Waals surface area contributed by atoms with Crippen LogP contribution in [0.25, 0.3) is 0 Å². The zero-order valence-corrected chi connectivity index (χ0v) is 13.3. The van der Waals surface area contributed by atoms with E-state index in [0.717, 1.165) is 0 Å². The molecular formula is C16H12Cl2O2S. The van der Waals surface area contributed by atoms with Gasteiger partial charge in [-0.2, -0.15) is 0 Å². The normalized spacial score (nSPS) is 10.4. The first-order chi connectivity index (χ1) is 10.1. The Morgan fingerprint density at radius 1 is 0.762 bits per heavy atom. The summed E-state index contributed by atoms with van der Waals surface area (Å²) >= 11 is 13.2. The van der Waals surface area contributed by atoms with E-state index in [1.54, 1.807) is 48.5 Å². The Kier molecular flexibility index (Phi) is 5.85. The molecule has 0 saturated carbocycles. The van der Waals surface area contributed by atoms with Gasteiger partial charge < -0.3 is 0 Å². The third-order valence-corrected chi connectivity index (χ3v) is 4.41. The van der Waals surface area contributed by atoms with Gasteiger partial charge in [-0.05, 0) is 24.3 Å². The van der Waals surface area contributed by atoms with Crippen molar-refractivity contribution in [1.29, 1.82) is 0 Å². The van der Waals surface area contributed by atoms with Crippen molar-refractivity contribution in [1.82, 2.24) is 0 Å². The largest absolute Gasteiger partial charge is 0.293 e. The SMILES string of the molecule is O=C(CSCC(=O)c1ccccc1Cl)c1ccccc1Cl. The van der Waals surface area contributed by atoms with E-state index in [9.17, 15) is 9.59 Å². The van der Waals surface area contributed by atoms with Crippen molar-refractivity contribution in [3.05, 3.63) is 69.7 Å². The Hall–Kier alpha value is -1.29. The van der Waals surface area contributed by atoms with E-state index in [-0.39, 0.29) is 23.1 Å². The predicted molar refractivity (Wildman–Crippen MR) is 88.9 cm³/mol. The standard InChI is InChI=1S/C16H12Cl2O2S/c17-13-7-3-1-5-11(13)15(19)9-21-10-16(20)12-6-2-4-8-14(12)18/h1-8H,9-10H2. The van der Waals surface area contributed by atoms with Crippen molar-refractivity contribution in [3.63, 3.8) is 0 Å². The van der Waals surface area contributed by atoms with Gasteiger partial charge in [-0.25, -0.2) is 0 Å². The molecule has 2 aromatic rings. The zero-order valence-electron chi connectivity index (χ0n) is 11.0. The summed E-state index contributed by atoms with van der Waals surface area (Å²) in [4.78, 5) is 24.0. The fourth-order valence-corrected chi connectivity index (χ4v) is 3.03. The van der Waals surface area contributed by atoms with Crippen LogP contribution in [-0.2, 0) is 0 Å². The molecule has 2 nitrogen and oxygen atoms in total. The lowest BCUT2D eigenvalue weighted by atomic mass is 10.1. The smallest absolute Gasteiger partial charge is 0.174 e. The topological polar surface area (TPSA) is 34.1 Å². The van der Waals surface area contributed by atoms with Crippen LogP contribution in [0.15, 0.2) is 48.5 Å². The first kappa shape index (κ1) is 16.1. The molecule has 0 N–H and O–H groups in total. The molecule has 108 valence electrons. The first-order valence-electron chi connectivity index (χ1n) is 6.23. The number of ketones is 2. The Balaban J connectivity index is 1.90. The van der Waals surface area contributed by atoms with Crippen molar-refractivity contribution in [2.24, 2.45) is 0 Å². The second-order valence-corrected chi connectivity index (χ2v) is 6.10. The molecule has 0 atom stereocenters. The Bertz CT molecular complexity index is 613. The van der Waals surface area contributed by atoms with Gasteiger partial charge in [0.1, 0.15) is 0 Å². The van der Waals surface area contributed by atoms with E-state index in [1.165, 1.54) is 11.8 Å². The van der Waals surface area contributed by atoms with E-state index >= 15 is 0 Å². The van der Waals surface area contributed by atoms with E-state index in [1.807, 2.05) is 0 Å². The van der Waals surface area contributed by atoms with Crippen LogP contribution in [0.4, 0.5) is 0 Å². The lowest BCUT2D eigenvalue weighted by molar-refractivity contribution is 0.102. The van der Waals surface area contributed by atoms with Gasteiger partial charge in [0.15, 0.2) is 11.6 Å². The molecule has 0 aliphatic rings. The number of benzene rings is 2. The summed E-state index contributed by atoms with van der Waals surface area (Å²) in [7, 11) is 0. The van der Waals surface area contributed by atoms with Gasteiger partial charge in [0.2, 0.25) is 0 Å². The highest BCUT2D eigenvalue weighted by Gasteiger charge is 2.13. The Morgan fingerprint density at radius 2 is 1.14 bits per heavy atom. The Morgan fingerprint density at radius 3 is 1.52 bits per heavy atom.